The molecule has 2 heterocycles. The van der Waals surface area contributed by atoms with Crippen LogP contribution in [0.2, 0.25) is 0 Å². The quantitative estimate of drug-likeness (QED) is 0.820. The Morgan fingerprint density at radius 1 is 1.56 bits per heavy atom. The Morgan fingerprint density at radius 3 is 3.12 bits per heavy atom. The summed E-state index contributed by atoms with van der Waals surface area (Å²) in [6, 6.07) is 2.50. The molecule has 1 N–H and O–H groups in total. The van der Waals surface area contributed by atoms with E-state index >= 15 is 0 Å². The highest BCUT2D eigenvalue weighted by molar-refractivity contribution is 5.44. The van der Waals surface area contributed by atoms with Crippen LogP contribution in [0.25, 0.3) is 11.6 Å². The van der Waals surface area contributed by atoms with Crippen molar-refractivity contribution < 1.29 is 4.52 Å². The zero-order valence-electron chi connectivity index (χ0n) is 9.05. The number of aromatic nitrogens is 4. The van der Waals surface area contributed by atoms with Crippen LogP contribution in [-0.2, 0) is 13.6 Å². The van der Waals surface area contributed by atoms with Gasteiger partial charge in [0.2, 0.25) is 0 Å². The van der Waals surface area contributed by atoms with E-state index in [4.69, 9.17) is 4.52 Å². The number of hydrogen-bond acceptors (Lipinski definition) is 5. The molecule has 0 aromatic carbocycles. The van der Waals surface area contributed by atoms with Gasteiger partial charge in [0.1, 0.15) is 0 Å². The van der Waals surface area contributed by atoms with Crippen LogP contribution in [0.1, 0.15) is 18.7 Å². The first-order valence-electron chi connectivity index (χ1n) is 5.37. The lowest BCUT2D eigenvalue weighted by atomic mass is 10.4. The van der Waals surface area contributed by atoms with Gasteiger partial charge in [0, 0.05) is 19.3 Å². The molecule has 6 nitrogen and oxygen atoms in total. The second-order valence-corrected chi connectivity index (χ2v) is 4.05. The van der Waals surface area contributed by atoms with E-state index in [-0.39, 0.29) is 0 Å². The first-order valence-corrected chi connectivity index (χ1v) is 5.37. The Hall–Kier alpha value is -1.69. The topological polar surface area (TPSA) is 68.8 Å². The summed E-state index contributed by atoms with van der Waals surface area (Å²) in [4.78, 5) is 4.28. The molecule has 1 saturated carbocycles. The van der Waals surface area contributed by atoms with E-state index in [1.165, 1.54) is 12.8 Å². The van der Waals surface area contributed by atoms with Gasteiger partial charge in [-0.05, 0) is 18.9 Å². The van der Waals surface area contributed by atoms with Crippen molar-refractivity contribution in [3.05, 3.63) is 18.1 Å². The van der Waals surface area contributed by atoms with Crippen LogP contribution in [0.15, 0.2) is 16.8 Å². The number of nitrogens with one attached hydrogen (secondary N) is 1. The first kappa shape index (κ1) is 9.53. The zero-order chi connectivity index (χ0) is 11.0. The molecule has 0 spiro atoms. The first-order chi connectivity index (χ1) is 7.81. The van der Waals surface area contributed by atoms with E-state index < -0.39 is 0 Å². The summed E-state index contributed by atoms with van der Waals surface area (Å²) in [5, 5.41) is 11.4. The molecule has 84 valence electrons. The van der Waals surface area contributed by atoms with Crippen molar-refractivity contribution in [2.75, 3.05) is 0 Å². The van der Waals surface area contributed by atoms with Crippen molar-refractivity contribution in [1.29, 1.82) is 0 Å². The molecule has 0 saturated heterocycles. The molecule has 2 aromatic rings. The number of nitrogens with zero attached hydrogens (tertiary/aromatic N) is 4. The van der Waals surface area contributed by atoms with Crippen LogP contribution >= 0.6 is 0 Å². The molecule has 2 aromatic heterocycles. The lowest BCUT2D eigenvalue weighted by Gasteiger charge is -1.94. The van der Waals surface area contributed by atoms with Gasteiger partial charge in [0.25, 0.3) is 5.89 Å². The predicted molar refractivity (Wildman–Crippen MR) is 56.4 cm³/mol. The number of aryl methyl sites for hydroxylation is 1. The van der Waals surface area contributed by atoms with E-state index in [9.17, 15) is 0 Å². The average molecular weight is 219 g/mol. The molecule has 0 aliphatic heterocycles. The van der Waals surface area contributed by atoms with E-state index in [0.29, 0.717) is 30.0 Å². The maximum Gasteiger partial charge on any atom is 0.278 e. The van der Waals surface area contributed by atoms with Gasteiger partial charge in [0.05, 0.1) is 6.54 Å². The molecule has 0 radical (unpaired) electrons. The van der Waals surface area contributed by atoms with Gasteiger partial charge < -0.3 is 9.84 Å². The van der Waals surface area contributed by atoms with Crippen molar-refractivity contribution in [2.24, 2.45) is 7.05 Å². The standard InChI is InChI=1S/C10H13N5O/c1-15-5-4-8(13-15)10-12-9(14-16-10)6-11-7-2-3-7/h4-5,7,11H,2-3,6H2,1H3. The summed E-state index contributed by atoms with van der Waals surface area (Å²) < 4.78 is 6.85. The molecule has 1 fully saturated rings. The maximum atomic E-state index is 5.14. The van der Waals surface area contributed by atoms with E-state index in [1.54, 1.807) is 4.68 Å². The van der Waals surface area contributed by atoms with Gasteiger partial charge in [-0.25, -0.2) is 0 Å². The van der Waals surface area contributed by atoms with Crippen LogP contribution in [0.3, 0.4) is 0 Å². The molecule has 3 rings (SSSR count). The fourth-order valence-electron chi connectivity index (χ4n) is 1.48. The molecule has 0 bridgehead atoms. The summed E-state index contributed by atoms with van der Waals surface area (Å²) in [7, 11) is 1.86. The minimum absolute atomic E-state index is 0.480. The molecule has 0 atom stereocenters. The van der Waals surface area contributed by atoms with Gasteiger partial charge in [0.15, 0.2) is 11.5 Å². The predicted octanol–water partition coefficient (Wildman–Crippen LogP) is 0.722. The zero-order valence-corrected chi connectivity index (χ0v) is 9.05. The highest BCUT2D eigenvalue weighted by Gasteiger charge is 2.21. The minimum Gasteiger partial charge on any atom is -0.332 e. The molecule has 16 heavy (non-hydrogen) atoms. The highest BCUT2D eigenvalue weighted by Crippen LogP contribution is 2.19. The van der Waals surface area contributed by atoms with Crippen molar-refractivity contribution in [1.82, 2.24) is 25.2 Å². The molecular formula is C10H13N5O. The minimum atomic E-state index is 0.480. The summed E-state index contributed by atoms with van der Waals surface area (Å²) >= 11 is 0. The number of hydrogen-bond donors (Lipinski definition) is 1. The smallest absolute Gasteiger partial charge is 0.278 e. The van der Waals surface area contributed by atoms with Crippen LogP contribution in [0.4, 0.5) is 0 Å². The Labute approximate surface area is 92.6 Å². The van der Waals surface area contributed by atoms with Gasteiger partial charge in [-0.15, -0.1) is 0 Å². The Morgan fingerprint density at radius 2 is 2.44 bits per heavy atom. The Bertz CT molecular complexity index is 485. The molecule has 6 heteroatoms. The molecule has 1 aliphatic rings. The third-order valence-electron chi connectivity index (χ3n) is 2.53. The normalized spacial score (nSPS) is 15.6. The monoisotopic (exact) mass is 219 g/mol. The van der Waals surface area contributed by atoms with Gasteiger partial charge in [-0.3, -0.25) is 4.68 Å². The summed E-state index contributed by atoms with van der Waals surface area (Å²) in [5.74, 6) is 1.17. The second-order valence-electron chi connectivity index (χ2n) is 4.05. The van der Waals surface area contributed by atoms with Crippen LogP contribution in [0.5, 0.6) is 0 Å². The SMILES string of the molecule is Cn1ccc(-c2nc(CNC3CC3)no2)n1. The maximum absolute atomic E-state index is 5.14. The van der Waals surface area contributed by atoms with Crippen LogP contribution < -0.4 is 5.32 Å². The Balaban J connectivity index is 1.71. The second kappa shape index (κ2) is 3.71. The van der Waals surface area contributed by atoms with Gasteiger partial charge in [-0.2, -0.15) is 10.1 Å². The van der Waals surface area contributed by atoms with Crippen molar-refractivity contribution >= 4 is 0 Å². The fraction of sp³-hybridized carbons (Fsp3) is 0.500. The largest absolute Gasteiger partial charge is 0.332 e. The lowest BCUT2D eigenvalue weighted by molar-refractivity contribution is 0.417. The summed E-state index contributed by atoms with van der Waals surface area (Å²) in [6.07, 6.45) is 4.36. The Kier molecular flexibility index (Phi) is 2.21. The fourth-order valence-corrected chi connectivity index (χ4v) is 1.48. The van der Waals surface area contributed by atoms with Gasteiger partial charge >= 0.3 is 0 Å². The van der Waals surface area contributed by atoms with Crippen molar-refractivity contribution in [3.8, 4) is 11.6 Å². The molecule has 0 unspecified atom stereocenters. The highest BCUT2D eigenvalue weighted by atomic mass is 16.5. The van der Waals surface area contributed by atoms with E-state index in [0.717, 1.165) is 0 Å². The van der Waals surface area contributed by atoms with Crippen molar-refractivity contribution in [3.63, 3.8) is 0 Å². The summed E-state index contributed by atoms with van der Waals surface area (Å²) in [6.45, 7) is 0.668. The van der Waals surface area contributed by atoms with E-state index in [1.807, 2.05) is 19.3 Å². The summed E-state index contributed by atoms with van der Waals surface area (Å²) in [5.41, 5.74) is 0.715. The third-order valence-corrected chi connectivity index (χ3v) is 2.53. The number of rotatable bonds is 4. The van der Waals surface area contributed by atoms with Crippen LogP contribution in [0, 0.1) is 0 Å². The average Bonchev–Trinajstić information content (AvgIpc) is 2.81. The van der Waals surface area contributed by atoms with Crippen LogP contribution in [-0.4, -0.2) is 26.0 Å². The molecule has 1 aliphatic carbocycles. The lowest BCUT2D eigenvalue weighted by Crippen LogP contribution is -2.16. The van der Waals surface area contributed by atoms with Gasteiger partial charge in [-0.1, -0.05) is 5.16 Å². The van der Waals surface area contributed by atoms with E-state index in [2.05, 4.69) is 20.6 Å². The molecular weight excluding hydrogens is 206 g/mol. The van der Waals surface area contributed by atoms with Crippen molar-refractivity contribution in [2.45, 2.75) is 25.4 Å². The molecule has 0 amide bonds. The third kappa shape index (κ3) is 1.96.